The number of rotatable bonds is 2. The molecule has 5 nitrogen and oxygen atoms in total. The summed E-state index contributed by atoms with van der Waals surface area (Å²) >= 11 is 0. The first-order chi connectivity index (χ1) is 12.0. The van der Waals surface area contributed by atoms with Crippen molar-refractivity contribution in [1.29, 1.82) is 0 Å². The third-order valence-corrected chi connectivity index (χ3v) is 4.25. The summed E-state index contributed by atoms with van der Waals surface area (Å²) in [4.78, 5) is 19.6. The number of hydrogen-bond acceptors (Lipinski definition) is 3. The standard InChI is InChI=1S/C19H15FN4O/c1-10-16(23-9-22-10)8-13-18-15(24-19(13)25)6-5-14(20)17(18)11-3-2-4-12(21)7-11/h2-9H,21H2,1H3,(H,22,23)(H,24,25). The first-order valence-electron chi connectivity index (χ1n) is 7.76. The Kier molecular flexibility index (Phi) is 3.39. The highest BCUT2D eigenvalue weighted by molar-refractivity contribution is 6.36. The molecule has 0 atom stereocenters. The van der Waals surface area contributed by atoms with Gasteiger partial charge in [0.05, 0.1) is 23.3 Å². The first-order valence-corrected chi connectivity index (χ1v) is 7.76. The van der Waals surface area contributed by atoms with E-state index in [1.54, 1.807) is 42.7 Å². The van der Waals surface area contributed by atoms with Gasteiger partial charge in [-0.15, -0.1) is 0 Å². The van der Waals surface area contributed by atoms with Gasteiger partial charge in [-0.05, 0) is 42.8 Å². The number of amides is 1. The number of fused-ring (bicyclic) bond motifs is 1. The van der Waals surface area contributed by atoms with Crippen LogP contribution >= 0.6 is 0 Å². The molecule has 2 heterocycles. The largest absolute Gasteiger partial charge is 0.399 e. The van der Waals surface area contributed by atoms with E-state index < -0.39 is 5.82 Å². The van der Waals surface area contributed by atoms with Crippen LogP contribution < -0.4 is 11.1 Å². The molecule has 0 fully saturated rings. The summed E-state index contributed by atoms with van der Waals surface area (Å²) in [6.07, 6.45) is 3.25. The van der Waals surface area contributed by atoms with Gasteiger partial charge >= 0.3 is 0 Å². The highest BCUT2D eigenvalue weighted by Crippen LogP contribution is 2.42. The molecule has 1 aliphatic rings. The van der Waals surface area contributed by atoms with Crippen LogP contribution in [-0.2, 0) is 4.79 Å². The SMILES string of the molecule is Cc1nc[nH]c1C=C1C(=O)Nc2ccc(F)c(-c3cccc(N)c3)c21. The van der Waals surface area contributed by atoms with Gasteiger partial charge in [0.2, 0.25) is 0 Å². The number of carbonyl (C=O) groups is 1. The molecular formula is C19H15FN4O. The number of carbonyl (C=O) groups excluding carboxylic acids is 1. The minimum absolute atomic E-state index is 0.278. The van der Waals surface area contributed by atoms with Crippen LogP contribution in [0.25, 0.3) is 22.8 Å². The van der Waals surface area contributed by atoms with Crippen molar-refractivity contribution >= 4 is 28.9 Å². The Morgan fingerprint density at radius 2 is 2.04 bits per heavy atom. The average molecular weight is 334 g/mol. The van der Waals surface area contributed by atoms with Crippen LogP contribution in [0.3, 0.4) is 0 Å². The number of aromatic amines is 1. The van der Waals surface area contributed by atoms with Crippen molar-refractivity contribution in [2.24, 2.45) is 0 Å². The van der Waals surface area contributed by atoms with E-state index in [1.165, 1.54) is 6.07 Å². The lowest BCUT2D eigenvalue weighted by Crippen LogP contribution is -2.03. The van der Waals surface area contributed by atoms with Gasteiger partial charge in [0.15, 0.2) is 0 Å². The van der Waals surface area contributed by atoms with Gasteiger partial charge in [0.25, 0.3) is 5.91 Å². The van der Waals surface area contributed by atoms with Crippen LogP contribution in [0.4, 0.5) is 15.8 Å². The molecule has 4 rings (SSSR count). The van der Waals surface area contributed by atoms with Crippen molar-refractivity contribution in [3.05, 3.63) is 65.5 Å². The lowest BCUT2D eigenvalue weighted by molar-refractivity contribution is -0.110. The zero-order valence-electron chi connectivity index (χ0n) is 13.4. The zero-order chi connectivity index (χ0) is 17.6. The van der Waals surface area contributed by atoms with Gasteiger partial charge in [-0.1, -0.05) is 12.1 Å². The number of halogens is 1. The fraction of sp³-hybridized carbons (Fsp3) is 0.0526. The van der Waals surface area contributed by atoms with Crippen molar-refractivity contribution in [3.63, 3.8) is 0 Å². The van der Waals surface area contributed by atoms with Gasteiger partial charge in [-0.2, -0.15) is 0 Å². The van der Waals surface area contributed by atoms with E-state index in [-0.39, 0.29) is 5.91 Å². The second kappa shape index (κ2) is 5.59. The summed E-state index contributed by atoms with van der Waals surface area (Å²) < 4.78 is 14.7. The Hall–Kier alpha value is -3.41. The number of nitrogens with one attached hydrogen (secondary N) is 2. The topological polar surface area (TPSA) is 83.8 Å². The third-order valence-electron chi connectivity index (χ3n) is 4.25. The number of aromatic nitrogens is 2. The predicted molar refractivity (Wildman–Crippen MR) is 96.1 cm³/mol. The van der Waals surface area contributed by atoms with Crippen molar-refractivity contribution in [1.82, 2.24) is 9.97 Å². The van der Waals surface area contributed by atoms with Crippen LogP contribution in [0.2, 0.25) is 0 Å². The Bertz CT molecular complexity index is 1040. The summed E-state index contributed by atoms with van der Waals surface area (Å²) in [5.41, 5.74) is 10.3. The highest BCUT2D eigenvalue weighted by Gasteiger charge is 2.29. The Morgan fingerprint density at radius 1 is 1.20 bits per heavy atom. The third kappa shape index (κ3) is 2.48. The molecule has 0 unspecified atom stereocenters. The van der Waals surface area contributed by atoms with E-state index >= 15 is 0 Å². The average Bonchev–Trinajstić information content (AvgIpc) is 3.12. The number of imidazole rings is 1. The number of nitrogens with two attached hydrogens (primary N) is 1. The lowest BCUT2D eigenvalue weighted by atomic mass is 9.93. The first kappa shape index (κ1) is 15.1. The molecule has 6 heteroatoms. The monoisotopic (exact) mass is 334 g/mol. The summed E-state index contributed by atoms with van der Waals surface area (Å²) in [5, 5.41) is 2.79. The van der Waals surface area contributed by atoms with Crippen LogP contribution in [0.5, 0.6) is 0 Å². The molecule has 0 bridgehead atoms. The minimum atomic E-state index is -0.409. The Morgan fingerprint density at radius 3 is 2.76 bits per heavy atom. The van der Waals surface area contributed by atoms with Crippen LogP contribution in [0.1, 0.15) is 17.0 Å². The second-order valence-corrected chi connectivity index (χ2v) is 5.88. The Labute approximate surface area is 143 Å². The van der Waals surface area contributed by atoms with E-state index in [1.807, 2.05) is 6.92 Å². The van der Waals surface area contributed by atoms with Gasteiger partial charge in [0, 0.05) is 22.5 Å². The normalized spacial score (nSPS) is 14.6. The number of nitrogens with zero attached hydrogens (tertiary/aromatic N) is 1. The molecule has 0 radical (unpaired) electrons. The fourth-order valence-corrected chi connectivity index (χ4v) is 3.04. The molecule has 3 aromatic rings. The maximum Gasteiger partial charge on any atom is 0.256 e. The van der Waals surface area contributed by atoms with Gasteiger partial charge in [-0.3, -0.25) is 4.79 Å². The minimum Gasteiger partial charge on any atom is -0.399 e. The van der Waals surface area contributed by atoms with E-state index in [0.29, 0.717) is 39.3 Å². The molecule has 0 spiro atoms. The Balaban J connectivity index is 1.98. The van der Waals surface area contributed by atoms with Crippen LogP contribution in [-0.4, -0.2) is 15.9 Å². The summed E-state index contributed by atoms with van der Waals surface area (Å²) in [7, 11) is 0. The predicted octanol–water partition coefficient (Wildman–Crippen LogP) is 3.60. The number of nitrogen functional groups attached to an aromatic ring is 1. The summed E-state index contributed by atoms with van der Waals surface area (Å²) in [6, 6.07) is 9.88. The molecule has 2 aromatic carbocycles. The molecule has 1 aliphatic heterocycles. The fourth-order valence-electron chi connectivity index (χ4n) is 3.04. The molecule has 0 saturated heterocycles. The molecule has 0 saturated carbocycles. The van der Waals surface area contributed by atoms with E-state index in [9.17, 15) is 9.18 Å². The quantitative estimate of drug-likeness (QED) is 0.494. The van der Waals surface area contributed by atoms with Crippen molar-refractivity contribution < 1.29 is 9.18 Å². The van der Waals surface area contributed by atoms with Gasteiger partial charge in [-0.25, -0.2) is 9.37 Å². The molecule has 0 aliphatic carbocycles. The van der Waals surface area contributed by atoms with E-state index in [2.05, 4.69) is 15.3 Å². The maximum atomic E-state index is 14.7. The molecule has 4 N–H and O–H groups in total. The number of H-pyrrole nitrogens is 1. The lowest BCUT2D eigenvalue weighted by Gasteiger charge is -2.11. The van der Waals surface area contributed by atoms with Gasteiger partial charge < -0.3 is 16.0 Å². The number of anilines is 2. The zero-order valence-corrected chi connectivity index (χ0v) is 13.4. The number of hydrogen-bond donors (Lipinski definition) is 3. The van der Waals surface area contributed by atoms with Crippen LogP contribution in [0, 0.1) is 12.7 Å². The molecule has 124 valence electrons. The van der Waals surface area contributed by atoms with Crippen molar-refractivity contribution in [2.75, 3.05) is 11.1 Å². The van der Waals surface area contributed by atoms with Crippen molar-refractivity contribution in [2.45, 2.75) is 6.92 Å². The van der Waals surface area contributed by atoms with E-state index in [0.717, 1.165) is 5.69 Å². The summed E-state index contributed by atoms with van der Waals surface area (Å²) in [5.74, 6) is -0.687. The second-order valence-electron chi connectivity index (χ2n) is 5.88. The number of benzene rings is 2. The molecule has 25 heavy (non-hydrogen) atoms. The van der Waals surface area contributed by atoms with E-state index in [4.69, 9.17) is 5.73 Å². The van der Waals surface area contributed by atoms with Crippen molar-refractivity contribution in [3.8, 4) is 11.1 Å². The van der Waals surface area contributed by atoms with Crippen LogP contribution in [0.15, 0.2) is 42.7 Å². The smallest absolute Gasteiger partial charge is 0.256 e. The molecule has 1 aromatic heterocycles. The maximum absolute atomic E-state index is 14.7. The van der Waals surface area contributed by atoms with Gasteiger partial charge in [0.1, 0.15) is 5.82 Å². The molecular weight excluding hydrogens is 319 g/mol. The highest BCUT2D eigenvalue weighted by atomic mass is 19.1. The molecule has 1 amide bonds. The number of aryl methyl sites for hydroxylation is 1. The summed E-state index contributed by atoms with van der Waals surface area (Å²) in [6.45, 7) is 1.83.